The molecule has 0 aliphatic carbocycles. The van der Waals surface area contributed by atoms with Crippen LogP contribution in [0, 0.1) is 0 Å². The summed E-state index contributed by atoms with van der Waals surface area (Å²) in [4.78, 5) is 11.9. The fourth-order valence-corrected chi connectivity index (χ4v) is 3.60. The van der Waals surface area contributed by atoms with Gasteiger partial charge in [0.2, 0.25) is 0 Å². The number of hydrogen-bond acceptors (Lipinski definition) is 6. The van der Waals surface area contributed by atoms with Gasteiger partial charge in [-0.25, -0.2) is 4.79 Å². The van der Waals surface area contributed by atoms with Gasteiger partial charge < -0.3 is 19.3 Å². The van der Waals surface area contributed by atoms with Crippen LogP contribution in [0.25, 0.3) is 11.3 Å². The number of carbonyl (C=O) groups is 1. The van der Waals surface area contributed by atoms with E-state index in [4.69, 9.17) is 14.2 Å². The highest BCUT2D eigenvalue weighted by Crippen LogP contribution is 2.40. The molecule has 3 aromatic rings. The number of carboxylic acids is 1. The van der Waals surface area contributed by atoms with Crippen LogP contribution in [-0.4, -0.2) is 53.0 Å². The number of carboxylic acid groups (broad SMARTS) is 1. The first-order valence-electron chi connectivity index (χ1n) is 9.69. The zero-order valence-corrected chi connectivity index (χ0v) is 16.9. The second-order valence-corrected chi connectivity index (χ2v) is 7.12. The first-order chi connectivity index (χ1) is 14.6. The van der Waals surface area contributed by atoms with E-state index in [2.05, 4.69) is 10.3 Å². The SMILES string of the molecule is COCCOc1c(C(=O)O)cc(Cc2ccc(-c3cn(C)nn3)cc2)c2c1CCO2. The molecular weight excluding hydrogens is 386 g/mol. The Balaban J connectivity index is 1.63. The number of nitrogens with zero attached hydrogens (tertiary/aromatic N) is 3. The second kappa shape index (κ2) is 8.54. The molecule has 1 aromatic heterocycles. The van der Waals surface area contributed by atoms with Crippen molar-refractivity contribution in [1.82, 2.24) is 15.0 Å². The number of ether oxygens (including phenoxy) is 3. The van der Waals surface area contributed by atoms with Crippen LogP contribution in [0.3, 0.4) is 0 Å². The fourth-order valence-electron chi connectivity index (χ4n) is 3.60. The predicted octanol–water partition coefficient (Wildman–Crippen LogP) is 2.73. The maximum atomic E-state index is 11.9. The van der Waals surface area contributed by atoms with Crippen LogP contribution in [0.4, 0.5) is 0 Å². The van der Waals surface area contributed by atoms with Crippen LogP contribution in [0.2, 0.25) is 0 Å². The number of rotatable bonds is 8. The highest BCUT2D eigenvalue weighted by Gasteiger charge is 2.27. The smallest absolute Gasteiger partial charge is 0.339 e. The summed E-state index contributed by atoms with van der Waals surface area (Å²) in [5.41, 5.74) is 4.63. The van der Waals surface area contributed by atoms with Crippen molar-refractivity contribution in [3.63, 3.8) is 0 Å². The minimum absolute atomic E-state index is 0.154. The third-order valence-corrected chi connectivity index (χ3v) is 5.01. The molecule has 0 amide bonds. The summed E-state index contributed by atoms with van der Waals surface area (Å²) in [6, 6.07) is 9.65. The zero-order valence-electron chi connectivity index (χ0n) is 16.9. The van der Waals surface area contributed by atoms with Gasteiger partial charge in [0, 0.05) is 38.1 Å². The van der Waals surface area contributed by atoms with Crippen LogP contribution < -0.4 is 9.47 Å². The third kappa shape index (κ3) is 3.99. The largest absolute Gasteiger partial charge is 0.493 e. The van der Waals surface area contributed by atoms with E-state index in [-0.39, 0.29) is 12.2 Å². The van der Waals surface area contributed by atoms with Crippen LogP contribution in [0.5, 0.6) is 11.5 Å². The van der Waals surface area contributed by atoms with E-state index < -0.39 is 5.97 Å². The summed E-state index contributed by atoms with van der Waals surface area (Å²) in [6.07, 6.45) is 3.04. The van der Waals surface area contributed by atoms with E-state index in [1.54, 1.807) is 17.9 Å². The third-order valence-electron chi connectivity index (χ3n) is 5.01. The van der Waals surface area contributed by atoms with E-state index in [1.807, 2.05) is 37.5 Å². The molecule has 8 nitrogen and oxygen atoms in total. The Morgan fingerprint density at radius 1 is 1.27 bits per heavy atom. The number of aryl methyl sites for hydroxylation is 1. The number of fused-ring (bicyclic) bond motifs is 1. The van der Waals surface area contributed by atoms with E-state index in [1.165, 1.54) is 0 Å². The number of benzene rings is 2. The Bertz CT molecular complexity index is 1060. The van der Waals surface area contributed by atoms with Crippen LogP contribution in [-0.2, 0) is 24.6 Å². The molecule has 0 saturated carbocycles. The Hall–Kier alpha value is -3.39. The lowest BCUT2D eigenvalue weighted by Gasteiger charge is -2.16. The minimum Gasteiger partial charge on any atom is -0.493 e. The van der Waals surface area contributed by atoms with Crippen molar-refractivity contribution in [2.75, 3.05) is 26.9 Å². The van der Waals surface area contributed by atoms with E-state index in [0.717, 1.165) is 33.7 Å². The molecule has 0 radical (unpaired) electrons. The maximum Gasteiger partial charge on any atom is 0.339 e. The van der Waals surface area contributed by atoms with Gasteiger partial charge in [-0.15, -0.1) is 5.10 Å². The molecule has 0 atom stereocenters. The van der Waals surface area contributed by atoms with Crippen molar-refractivity contribution >= 4 is 5.97 Å². The lowest BCUT2D eigenvalue weighted by atomic mass is 9.96. The van der Waals surface area contributed by atoms with E-state index in [0.29, 0.717) is 31.8 Å². The number of aromatic carboxylic acids is 1. The molecule has 2 heterocycles. The Morgan fingerprint density at radius 3 is 2.73 bits per heavy atom. The molecule has 0 unspecified atom stereocenters. The summed E-state index contributed by atoms with van der Waals surface area (Å²) >= 11 is 0. The fraction of sp³-hybridized carbons (Fsp3) is 0.318. The van der Waals surface area contributed by atoms with Gasteiger partial charge >= 0.3 is 5.97 Å². The van der Waals surface area contributed by atoms with Crippen molar-refractivity contribution in [3.8, 4) is 22.8 Å². The molecule has 1 N–H and O–H groups in total. The standard InChI is InChI=1S/C22H23N3O5/c1-25-13-19(23-24-25)15-5-3-14(4-6-15)11-16-12-18(22(26)27)21(30-10-9-28-2)17-7-8-29-20(16)17/h3-6,12-13H,7-11H2,1-2H3,(H,26,27). The molecule has 2 aromatic carbocycles. The van der Waals surface area contributed by atoms with Gasteiger partial charge in [0.15, 0.2) is 0 Å². The summed E-state index contributed by atoms with van der Waals surface area (Å²) in [6.45, 7) is 1.18. The van der Waals surface area contributed by atoms with Crippen molar-refractivity contribution in [3.05, 3.63) is 58.8 Å². The predicted molar refractivity (Wildman–Crippen MR) is 109 cm³/mol. The molecular formula is C22H23N3O5. The van der Waals surface area contributed by atoms with E-state index in [9.17, 15) is 9.90 Å². The van der Waals surface area contributed by atoms with Gasteiger partial charge in [-0.2, -0.15) is 0 Å². The van der Waals surface area contributed by atoms with Gasteiger partial charge in [0.25, 0.3) is 0 Å². The lowest BCUT2D eigenvalue weighted by Crippen LogP contribution is -2.11. The monoisotopic (exact) mass is 409 g/mol. The van der Waals surface area contributed by atoms with Crippen LogP contribution in [0.1, 0.15) is 27.0 Å². The summed E-state index contributed by atoms with van der Waals surface area (Å²) in [5.74, 6) is 0.0931. The molecule has 0 spiro atoms. The molecule has 8 heteroatoms. The van der Waals surface area contributed by atoms with Gasteiger partial charge in [-0.1, -0.05) is 29.5 Å². The lowest BCUT2D eigenvalue weighted by molar-refractivity contribution is 0.0689. The average Bonchev–Trinajstić information content (AvgIpc) is 3.39. The quantitative estimate of drug-likeness (QED) is 0.572. The molecule has 1 aliphatic rings. The molecule has 1 aliphatic heterocycles. The number of methoxy groups -OCH3 is 1. The maximum absolute atomic E-state index is 11.9. The average molecular weight is 409 g/mol. The Kier molecular flexibility index (Phi) is 5.67. The van der Waals surface area contributed by atoms with Gasteiger partial charge in [0.05, 0.1) is 19.4 Å². The molecule has 0 saturated heterocycles. The van der Waals surface area contributed by atoms with Crippen LogP contribution in [0.15, 0.2) is 36.5 Å². The second-order valence-electron chi connectivity index (χ2n) is 7.12. The zero-order chi connectivity index (χ0) is 21.1. The summed E-state index contributed by atoms with van der Waals surface area (Å²) < 4.78 is 18.3. The number of aromatic nitrogens is 3. The Labute approximate surface area is 174 Å². The van der Waals surface area contributed by atoms with Crippen molar-refractivity contribution in [1.29, 1.82) is 0 Å². The van der Waals surface area contributed by atoms with E-state index >= 15 is 0 Å². The van der Waals surface area contributed by atoms with Gasteiger partial charge in [0.1, 0.15) is 29.4 Å². The summed E-state index contributed by atoms with van der Waals surface area (Å²) in [7, 11) is 3.40. The van der Waals surface area contributed by atoms with Crippen LogP contribution >= 0.6 is 0 Å². The first-order valence-corrected chi connectivity index (χ1v) is 9.69. The van der Waals surface area contributed by atoms with Crippen molar-refractivity contribution in [2.45, 2.75) is 12.8 Å². The molecule has 156 valence electrons. The van der Waals surface area contributed by atoms with Crippen molar-refractivity contribution in [2.24, 2.45) is 7.05 Å². The molecule has 4 rings (SSSR count). The topological polar surface area (TPSA) is 95.7 Å². The highest BCUT2D eigenvalue weighted by molar-refractivity contribution is 5.92. The van der Waals surface area contributed by atoms with Gasteiger partial charge in [-0.05, 0) is 17.2 Å². The molecule has 0 bridgehead atoms. The van der Waals surface area contributed by atoms with Crippen molar-refractivity contribution < 1.29 is 24.1 Å². The van der Waals surface area contributed by atoms with Gasteiger partial charge in [-0.3, -0.25) is 4.68 Å². The highest BCUT2D eigenvalue weighted by atomic mass is 16.5. The minimum atomic E-state index is -1.02. The summed E-state index contributed by atoms with van der Waals surface area (Å²) in [5, 5.41) is 17.8. The Morgan fingerprint density at radius 2 is 2.07 bits per heavy atom. The number of hydrogen-bond donors (Lipinski definition) is 1. The first kappa shape index (κ1) is 19.9. The normalized spacial score (nSPS) is 12.5. The molecule has 0 fully saturated rings. The molecule has 30 heavy (non-hydrogen) atoms.